The summed E-state index contributed by atoms with van der Waals surface area (Å²) in [7, 11) is 0. The van der Waals surface area contributed by atoms with Crippen LogP contribution in [0.25, 0.3) is 0 Å². The molecule has 0 fully saturated rings. The Morgan fingerprint density at radius 3 is 2.30 bits per heavy atom. The van der Waals surface area contributed by atoms with E-state index in [9.17, 15) is 0 Å². The third-order valence-corrected chi connectivity index (χ3v) is 3.43. The van der Waals surface area contributed by atoms with Crippen LogP contribution in [0.4, 0.5) is 5.69 Å². The summed E-state index contributed by atoms with van der Waals surface area (Å²) in [5.74, 6) is 0.700. The van der Waals surface area contributed by atoms with Gasteiger partial charge >= 0.3 is 0 Å². The molecule has 0 unspecified atom stereocenters. The fraction of sp³-hybridized carbons (Fsp3) is 0.667. The normalized spacial score (nSPS) is 11.1. The predicted octanol–water partition coefficient (Wildman–Crippen LogP) is 4.37. The van der Waals surface area contributed by atoms with Crippen molar-refractivity contribution < 1.29 is 0 Å². The summed E-state index contributed by atoms with van der Waals surface area (Å²) >= 11 is 0. The van der Waals surface area contributed by atoms with Crippen LogP contribution in [0.1, 0.15) is 51.7 Å². The van der Waals surface area contributed by atoms with Gasteiger partial charge in [0.1, 0.15) is 0 Å². The van der Waals surface area contributed by atoms with E-state index in [0.29, 0.717) is 5.92 Å². The highest BCUT2D eigenvalue weighted by molar-refractivity contribution is 5.55. The summed E-state index contributed by atoms with van der Waals surface area (Å²) < 4.78 is 0. The maximum Gasteiger partial charge on any atom is 0.0412 e. The van der Waals surface area contributed by atoms with Crippen LogP contribution in [0.15, 0.2) is 18.2 Å². The number of aryl methyl sites for hydroxylation is 1. The first kappa shape index (κ1) is 17.0. The first-order chi connectivity index (χ1) is 9.58. The molecule has 0 saturated heterocycles. The van der Waals surface area contributed by atoms with Crippen molar-refractivity contribution in [1.82, 2.24) is 5.32 Å². The van der Waals surface area contributed by atoms with Crippen LogP contribution >= 0.6 is 0 Å². The van der Waals surface area contributed by atoms with Crippen LogP contribution in [0.2, 0.25) is 0 Å². The van der Waals surface area contributed by atoms with Crippen LogP contribution in [-0.2, 0) is 6.54 Å². The van der Waals surface area contributed by atoms with Crippen molar-refractivity contribution >= 4 is 5.69 Å². The Morgan fingerprint density at radius 2 is 1.75 bits per heavy atom. The summed E-state index contributed by atoms with van der Waals surface area (Å²) in [4.78, 5) is 2.53. The van der Waals surface area contributed by atoms with Gasteiger partial charge in [0.2, 0.25) is 0 Å². The lowest BCUT2D eigenvalue weighted by atomic mass is 10.1. The Hall–Kier alpha value is -1.02. The van der Waals surface area contributed by atoms with Crippen molar-refractivity contribution in [2.45, 2.75) is 54.0 Å². The van der Waals surface area contributed by atoms with Crippen LogP contribution in [0, 0.1) is 12.8 Å². The maximum atomic E-state index is 3.58. The van der Waals surface area contributed by atoms with Crippen LogP contribution in [0.5, 0.6) is 0 Å². The Labute approximate surface area is 125 Å². The summed E-state index contributed by atoms with van der Waals surface area (Å²) in [5.41, 5.74) is 4.20. The van der Waals surface area contributed by atoms with E-state index in [2.05, 4.69) is 63.0 Å². The zero-order valence-electron chi connectivity index (χ0n) is 14.0. The summed E-state index contributed by atoms with van der Waals surface area (Å²) in [5, 5.41) is 3.58. The van der Waals surface area contributed by atoms with Gasteiger partial charge in [-0.15, -0.1) is 0 Å². The molecule has 0 saturated carbocycles. The highest BCUT2D eigenvalue weighted by Gasteiger charge is 2.10. The fourth-order valence-corrected chi connectivity index (χ4v) is 2.55. The number of anilines is 1. The van der Waals surface area contributed by atoms with Gasteiger partial charge in [-0.25, -0.2) is 0 Å². The number of nitrogens with zero attached hydrogens (tertiary/aromatic N) is 1. The first-order valence-electron chi connectivity index (χ1n) is 8.13. The molecule has 2 nitrogen and oxygen atoms in total. The van der Waals surface area contributed by atoms with Gasteiger partial charge in [-0.1, -0.05) is 45.4 Å². The zero-order chi connectivity index (χ0) is 15.0. The van der Waals surface area contributed by atoms with Gasteiger partial charge in [0.25, 0.3) is 0 Å². The number of nitrogens with one attached hydrogen (secondary N) is 1. The molecular weight excluding hydrogens is 244 g/mol. The molecule has 0 aliphatic carbocycles. The SMILES string of the molecule is CCCN(CCC)c1ccc(C)cc1CNCC(C)C. The quantitative estimate of drug-likeness (QED) is 0.720. The molecule has 0 aliphatic heterocycles. The molecule has 2 heteroatoms. The molecule has 0 atom stereocenters. The van der Waals surface area contributed by atoms with Crippen molar-refractivity contribution in [3.05, 3.63) is 29.3 Å². The van der Waals surface area contributed by atoms with E-state index in [1.54, 1.807) is 0 Å². The van der Waals surface area contributed by atoms with E-state index in [0.717, 1.165) is 26.2 Å². The van der Waals surface area contributed by atoms with Crippen molar-refractivity contribution in [3.63, 3.8) is 0 Å². The van der Waals surface area contributed by atoms with E-state index >= 15 is 0 Å². The largest absolute Gasteiger partial charge is 0.371 e. The summed E-state index contributed by atoms with van der Waals surface area (Å²) in [6, 6.07) is 6.87. The first-order valence-corrected chi connectivity index (χ1v) is 8.13. The van der Waals surface area contributed by atoms with Gasteiger partial charge in [0.15, 0.2) is 0 Å². The third kappa shape index (κ3) is 5.54. The molecule has 0 spiro atoms. The van der Waals surface area contributed by atoms with Crippen LogP contribution in [-0.4, -0.2) is 19.6 Å². The third-order valence-electron chi connectivity index (χ3n) is 3.43. The van der Waals surface area contributed by atoms with E-state index in [1.165, 1.54) is 29.7 Å². The predicted molar refractivity (Wildman–Crippen MR) is 90.5 cm³/mol. The van der Waals surface area contributed by atoms with Gasteiger partial charge < -0.3 is 10.2 Å². The molecule has 0 radical (unpaired) electrons. The lowest BCUT2D eigenvalue weighted by Gasteiger charge is -2.27. The lowest BCUT2D eigenvalue weighted by molar-refractivity contribution is 0.551. The molecule has 20 heavy (non-hydrogen) atoms. The molecule has 0 amide bonds. The average molecular weight is 276 g/mol. The number of benzene rings is 1. The molecule has 1 rings (SSSR count). The minimum Gasteiger partial charge on any atom is -0.371 e. The van der Waals surface area contributed by atoms with Crippen LogP contribution in [0.3, 0.4) is 0 Å². The van der Waals surface area contributed by atoms with Crippen molar-refractivity contribution in [1.29, 1.82) is 0 Å². The molecule has 1 aromatic carbocycles. The van der Waals surface area contributed by atoms with E-state index in [1.807, 2.05) is 0 Å². The van der Waals surface area contributed by atoms with Gasteiger partial charge in [-0.05, 0) is 43.9 Å². The average Bonchev–Trinajstić information content (AvgIpc) is 2.38. The molecular formula is C18H32N2. The molecule has 0 aliphatic rings. The van der Waals surface area contributed by atoms with E-state index in [4.69, 9.17) is 0 Å². The number of hydrogen-bond acceptors (Lipinski definition) is 2. The highest BCUT2D eigenvalue weighted by Crippen LogP contribution is 2.22. The lowest BCUT2D eigenvalue weighted by Crippen LogP contribution is -2.27. The molecule has 114 valence electrons. The maximum absolute atomic E-state index is 3.58. The molecule has 0 aromatic heterocycles. The Kier molecular flexibility index (Phi) is 7.68. The monoisotopic (exact) mass is 276 g/mol. The summed E-state index contributed by atoms with van der Waals surface area (Å²) in [6.07, 6.45) is 2.40. The fourth-order valence-electron chi connectivity index (χ4n) is 2.55. The molecule has 0 bridgehead atoms. The Bertz CT molecular complexity index is 379. The zero-order valence-corrected chi connectivity index (χ0v) is 14.0. The minimum absolute atomic E-state index is 0.700. The Morgan fingerprint density at radius 1 is 1.10 bits per heavy atom. The molecule has 0 heterocycles. The van der Waals surface area contributed by atoms with Crippen molar-refractivity contribution in [3.8, 4) is 0 Å². The van der Waals surface area contributed by atoms with Gasteiger partial charge in [-0.2, -0.15) is 0 Å². The molecule has 1 aromatic rings. The van der Waals surface area contributed by atoms with Gasteiger partial charge in [0, 0.05) is 25.3 Å². The van der Waals surface area contributed by atoms with Crippen LogP contribution < -0.4 is 10.2 Å². The smallest absolute Gasteiger partial charge is 0.0412 e. The van der Waals surface area contributed by atoms with E-state index in [-0.39, 0.29) is 0 Å². The second-order valence-electron chi connectivity index (χ2n) is 6.14. The minimum atomic E-state index is 0.700. The summed E-state index contributed by atoms with van der Waals surface area (Å²) in [6.45, 7) is 15.5. The van der Waals surface area contributed by atoms with E-state index < -0.39 is 0 Å². The topological polar surface area (TPSA) is 15.3 Å². The van der Waals surface area contributed by atoms with Gasteiger partial charge in [-0.3, -0.25) is 0 Å². The number of rotatable bonds is 9. The van der Waals surface area contributed by atoms with Gasteiger partial charge in [0.05, 0.1) is 0 Å². The number of hydrogen-bond donors (Lipinski definition) is 1. The standard InChI is InChI=1S/C18H32N2/c1-6-10-20(11-7-2)18-9-8-16(5)12-17(18)14-19-13-15(3)4/h8-9,12,15,19H,6-7,10-11,13-14H2,1-5H3. The van der Waals surface area contributed by atoms with Crippen molar-refractivity contribution in [2.24, 2.45) is 5.92 Å². The molecule has 1 N–H and O–H groups in total. The Balaban J connectivity index is 2.86. The van der Waals surface area contributed by atoms with Crippen molar-refractivity contribution in [2.75, 3.05) is 24.5 Å². The second-order valence-corrected chi connectivity index (χ2v) is 6.14. The second kappa shape index (κ2) is 9.02. The highest BCUT2D eigenvalue weighted by atomic mass is 15.1.